The van der Waals surface area contributed by atoms with E-state index in [9.17, 15) is 22.6 Å². The summed E-state index contributed by atoms with van der Waals surface area (Å²) >= 11 is 0. The van der Waals surface area contributed by atoms with Crippen LogP contribution in [-0.2, 0) is 20.5 Å². The summed E-state index contributed by atoms with van der Waals surface area (Å²) in [6.45, 7) is 6.94. The van der Waals surface area contributed by atoms with E-state index in [4.69, 9.17) is 14.7 Å². The third kappa shape index (κ3) is 9.23. The van der Waals surface area contributed by atoms with Crippen LogP contribution < -0.4 is 10.2 Å². The van der Waals surface area contributed by atoms with Crippen LogP contribution in [0.25, 0.3) is 0 Å². The van der Waals surface area contributed by atoms with Crippen LogP contribution in [0.5, 0.6) is 11.5 Å². The average Bonchev–Trinajstić information content (AvgIpc) is 2.85. The topological polar surface area (TPSA) is 108 Å². The predicted octanol–water partition coefficient (Wildman–Crippen LogP) is 4.01. The van der Waals surface area contributed by atoms with E-state index in [1.54, 1.807) is 31.2 Å². The summed E-state index contributed by atoms with van der Waals surface area (Å²) in [6.07, 6.45) is -0.635. The van der Waals surface area contributed by atoms with Crippen LogP contribution in [0.4, 0.5) is 13.6 Å². The first-order chi connectivity index (χ1) is 16.7. The van der Waals surface area contributed by atoms with Gasteiger partial charge in [-0.1, -0.05) is 31.5 Å². The Balaban J connectivity index is 0.00000298. The average molecular weight is 516 g/mol. The predicted molar refractivity (Wildman–Crippen MR) is 127 cm³/mol. The highest BCUT2D eigenvalue weighted by Crippen LogP contribution is 2.30. The van der Waals surface area contributed by atoms with E-state index >= 15 is 0 Å². The van der Waals surface area contributed by atoms with Crippen LogP contribution in [0.15, 0.2) is 41.3 Å². The number of hydrogen-bond acceptors (Lipinski definition) is 6. The molecule has 0 spiro atoms. The van der Waals surface area contributed by atoms with Crippen LogP contribution in [0.3, 0.4) is 0 Å². The molecule has 35 heavy (non-hydrogen) atoms. The summed E-state index contributed by atoms with van der Waals surface area (Å²) in [5.41, 5.74) is 2.35. The van der Waals surface area contributed by atoms with Crippen molar-refractivity contribution in [3.8, 4) is 11.5 Å². The second-order valence-electron chi connectivity index (χ2n) is 6.90. The molecule has 1 atom stereocenters. The molecule has 194 valence electrons. The molecular weight excluding hydrogens is 484 g/mol. The van der Waals surface area contributed by atoms with Crippen LogP contribution in [0.2, 0.25) is 0 Å². The Hall–Kier alpha value is -3.09. The van der Waals surface area contributed by atoms with Gasteiger partial charge < -0.3 is 14.4 Å². The number of amides is 2. The van der Waals surface area contributed by atoms with E-state index in [1.807, 2.05) is 20.8 Å². The quantitative estimate of drug-likeness (QED) is 0.366. The maximum atomic E-state index is 14.6. The summed E-state index contributed by atoms with van der Waals surface area (Å²) in [5.74, 6) is -3.53. The molecule has 1 unspecified atom stereocenters. The minimum atomic E-state index is -2.21. The lowest BCUT2D eigenvalue weighted by Crippen LogP contribution is -2.42. The lowest BCUT2D eigenvalue weighted by molar-refractivity contribution is -0.129. The zero-order valence-corrected chi connectivity index (χ0v) is 21.2. The van der Waals surface area contributed by atoms with Crippen molar-refractivity contribution in [2.45, 2.75) is 32.6 Å². The number of carbonyl (C=O) groups excluding carboxylic acids is 2. The van der Waals surface area contributed by atoms with Crippen molar-refractivity contribution in [2.75, 3.05) is 33.3 Å². The minimum absolute atomic E-state index is 0.0110. The van der Waals surface area contributed by atoms with E-state index in [1.165, 1.54) is 17.4 Å². The molecule has 9 nitrogen and oxygen atoms in total. The third-order valence-electron chi connectivity index (χ3n) is 4.36. The Morgan fingerprint density at radius 1 is 1.09 bits per heavy atom. The van der Waals surface area contributed by atoms with Crippen molar-refractivity contribution in [3.63, 3.8) is 0 Å². The van der Waals surface area contributed by atoms with E-state index in [2.05, 4.69) is 0 Å². The number of likely N-dealkylation sites (N-methyl/N-ethyl adjacent to an activating group) is 1. The zero-order chi connectivity index (χ0) is 26.5. The van der Waals surface area contributed by atoms with Gasteiger partial charge in [0.1, 0.15) is 16.7 Å². The van der Waals surface area contributed by atoms with Crippen molar-refractivity contribution < 1.29 is 37.3 Å². The summed E-state index contributed by atoms with van der Waals surface area (Å²) in [7, 11) is -0.776. The number of ether oxygens (including phenoxy) is 2. The minimum Gasteiger partial charge on any atom is -0.451 e. The van der Waals surface area contributed by atoms with Gasteiger partial charge in [0.15, 0.2) is 17.4 Å². The van der Waals surface area contributed by atoms with Gasteiger partial charge in [-0.15, -0.1) is 0 Å². The maximum Gasteiger partial charge on any atom is 0.409 e. The van der Waals surface area contributed by atoms with Crippen LogP contribution in [-0.4, -0.2) is 63.9 Å². The van der Waals surface area contributed by atoms with Gasteiger partial charge in [0, 0.05) is 20.1 Å². The molecule has 0 bridgehead atoms. The van der Waals surface area contributed by atoms with Crippen LogP contribution in [0, 0.1) is 18.6 Å². The number of nitrogens with zero attached hydrogens (tertiary/aromatic N) is 2. The highest BCUT2D eigenvalue weighted by molar-refractivity contribution is 7.82. The molecule has 0 fully saturated rings. The standard InChI is InChI=1S/C21H25F2N3O6S.C2H6/c1-4-31-21(28)25(3)9-10-26(13-19(27)24-29)33(30)16-11-17(22)20(18(23)12-16)32-15-7-5-14(2)6-8-15;1-2/h5-8,11-12,29H,4,9-10,13H2,1-3H3,(H,24,27);1-2H3. The molecule has 2 aromatic rings. The lowest BCUT2D eigenvalue weighted by Gasteiger charge is -2.23. The molecule has 0 aliphatic rings. The Morgan fingerprint density at radius 3 is 2.17 bits per heavy atom. The van der Waals surface area contributed by atoms with Gasteiger partial charge in [0.05, 0.1) is 18.0 Å². The highest BCUT2D eigenvalue weighted by atomic mass is 32.2. The molecule has 0 aliphatic carbocycles. The van der Waals surface area contributed by atoms with Crippen molar-refractivity contribution >= 4 is 23.0 Å². The fourth-order valence-electron chi connectivity index (χ4n) is 2.61. The first-order valence-electron chi connectivity index (χ1n) is 10.9. The van der Waals surface area contributed by atoms with Crippen molar-refractivity contribution in [1.29, 1.82) is 0 Å². The zero-order valence-electron chi connectivity index (χ0n) is 20.3. The third-order valence-corrected chi connectivity index (χ3v) is 5.78. The lowest BCUT2D eigenvalue weighted by atomic mass is 10.2. The number of hydrogen-bond donors (Lipinski definition) is 2. The molecular formula is C23H31F2N3O6S. The molecule has 0 heterocycles. The number of benzene rings is 2. The Bertz CT molecular complexity index is 984. The molecule has 2 rings (SSSR count). The summed E-state index contributed by atoms with van der Waals surface area (Å²) in [5, 5.41) is 8.81. The summed E-state index contributed by atoms with van der Waals surface area (Å²) < 4.78 is 53.4. The number of halogens is 2. The first-order valence-corrected chi connectivity index (χ1v) is 12.0. The Labute approximate surface area is 206 Å². The highest BCUT2D eigenvalue weighted by Gasteiger charge is 2.24. The van der Waals surface area contributed by atoms with E-state index in [0.29, 0.717) is 0 Å². The van der Waals surface area contributed by atoms with Gasteiger partial charge in [-0.3, -0.25) is 10.0 Å². The number of rotatable bonds is 10. The molecule has 2 N–H and O–H groups in total. The van der Waals surface area contributed by atoms with Gasteiger partial charge in [-0.05, 0) is 38.1 Å². The normalized spacial score (nSPS) is 11.2. The molecule has 2 amide bonds. The van der Waals surface area contributed by atoms with Crippen molar-refractivity contribution in [3.05, 3.63) is 53.6 Å². The van der Waals surface area contributed by atoms with Gasteiger partial charge in [-0.25, -0.2) is 27.6 Å². The molecule has 0 saturated carbocycles. The van der Waals surface area contributed by atoms with Gasteiger partial charge in [0.2, 0.25) is 0 Å². The molecule has 0 aromatic heterocycles. The molecule has 0 saturated heterocycles. The van der Waals surface area contributed by atoms with Gasteiger partial charge in [-0.2, -0.15) is 0 Å². The number of hydroxylamine groups is 1. The number of carbonyl (C=O) groups is 2. The molecule has 2 aromatic carbocycles. The van der Waals surface area contributed by atoms with Crippen LogP contribution >= 0.6 is 0 Å². The number of nitrogens with one attached hydrogen (secondary N) is 1. The van der Waals surface area contributed by atoms with Gasteiger partial charge in [0.25, 0.3) is 5.91 Å². The Morgan fingerprint density at radius 2 is 1.66 bits per heavy atom. The molecule has 12 heteroatoms. The van der Waals surface area contributed by atoms with Crippen molar-refractivity contribution in [2.24, 2.45) is 0 Å². The summed E-state index contributed by atoms with van der Waals surface area (Å²) in [6, 6.07) is 8.20. The van der Waals surface area contributed by atoms with E-state index in [0.717, 1.165) is 22.0 Å². The molecule has 0 aliphatic heterocycles. The van der Waals surface area contributed by atoms with Crippen LogP contribution in [0.1, 0.15) is 26.3 Å². The Kier molecular flexibility index (Phi) is 12.8. The SMILES string of the molecule is CC.CCOC(=O)N(C)CCN(CC(=O)NO)S(=O)c1cc(F)c(Oc2ccc(C)cc2)c(F)c1. The van der Waals surface area contributed by atoms with E-state index in [-0.39, 0.29) is 30.3 Å². The monoisotopic (exact) mass is 515 g/mol. The smallest absolute Gasteiger partial charge is 0.409 e. The fraction of sp³-hybridized carbons (Fsp3) is 0.391. The number of aryl methyl sites for hydroxylation is 1. The van der Waals surface area contributed by atoms with Gasteiger partial charge >= 0.3 is 6.09 Å². The van der Waals surface area contributed by atoms with E-state index < -0.39 is 46.9 Å². The second kappa shape index (κ2) is 15.0. The largest absolute Gasteiger partial charge is 0.451 e. The molecule has 0 radical (unpaired) electrons. The van der Waals surface area contributed by atoms with Crippen molar-refractivity contribution in [1.82, 2.24) is 14.7 Å². The first kappa shape index (κ1) is 29.9. The maximum absolute atomic E-state index is 14.6. The summed E-state index contributed by atoms with van der Waals surface area (Å²) in [4.78, 5) is 24.3. The second-order valence-corrected chi connectivity index (χ2v) is 8.39. The fourth-order valence-corrected chi connectivity index (χ4v) is 3.80.